The number of benzene rings is 2. The number of thiazole rings is 1. The normalized spacial score (nSPS) is 11.6. The van der Waals surface area contributed by atoms with Crippen LogP contribution in [0.25, 0.3) is 10.6 Å². The van der Waals surface area contributed by atoms with E-state index in [2.05, 4.69) is 15.8 Å². The summed E-state index contributed by atoms with van der Waals surface area (Å²) in [4.78, 5) is 28.3. The van der Waals surface area contributed by atoms with Crippen molar-refractivity contribution < 1.29 is 23.1 Å². The molecule has 6 nitrogen and oxygen atoms in total. The number of hydrogen-bond acceptors (Lipinski definition) is 5. The second kappa shape index (κ2) is 9.24. The van der Waals surface area contributed by atoms with E-state index in [-0.39, 0.29) is 18.0 Å². The quantitative estimate of drug-likeness (QED) is 0.604. The number of carbonyl (C=O) groups excluding carboxylic acids is 2. The van der Waals surface area contributed by atoms with Crippen LogP contribution < -0.4 is 15.6 Å². The fourth-order valence-electron chi connectivity index (χ4n) is 2.37. The van der Waals surface area contributed by atoms with E-state index >= 15 is 0 Å². The molecule has 2 amide bonds. The van der Waals surface area contributed by atoms with E-state index in [0.717, 1.165) is 0 Å². The molecule has 1 aromatic heterocycles. The van der Waals surface area contributed by atoms with Crippen molar-refractivity contribution in [2.75, 3.05) is 0 Å². The molecule has 29 heavy (non-hydrogen) atoms. The predicted octanol–water partition coefficient (Wildman–Crippen LogP) is 3.25. The molecule has 1 unspecified atom stereocenters. The third-order valence-corrected chi connectivity index (χ3v) is 4.74. The first-order chi connectivity index (χ1) is 13.9. The zero-order chi connectivity index (χ0) is 20.8. The summed E-state index contributed by atoms with van der Waals surface area (Å²) >= 11 is 1.28. The molecule has 3 rings (SSSR count). The van der Waals surface area contributed by atoms with Gasteiger partial charge < -0.3 is 4.74 Å². The molecule has 150 valence electrons. The maximum Gasteiger partial charge on any atom is 0.279 e. The SMILES string of the molecule is CC(Oc1ccccc1F)C(=O)NNC(=O)Cc1csc(-c2cccc(F)c2)n1. The summed E-state index contributed by atoms with van der Waals surface area (Å²) in [6.45, 7) is 1.43. The molecule has 0 aliphatic rings. The molecule has 0 fully saturated rings. The fourth-order valence-corrected chi connectivity index (χ4v) is 3.18. The van der Waals surface area contributed by atoms with Crippen LogP contribution in [0.2, 0.25) is 0 Å². The molecule has 0 radical (unpaired) electrons. The molecule has 0 aliphatic heterocycles. The van der Waals surface area contributed by atoms with Gasteiger partial charge in [0.1, 0.15) is 10.8 Å². The number of halogens is 2. The molecule has 2 N–H and O–H groups in total. The Morgan fingerprint density at radius 1 is 1.14 bits per heavy atom. The van der Waals surface area contributed by atoms with Crippen molar-refractivity contribution in [3.8, 4) is 16.3 Å². The lowest BCUT2D eigenvalue weighted by Crippen LogP contribution is -2.47. The first-order valence-electron chi connectivity index (χ1n) is 8.62. The van der Waals surface area contributed by atoms with Crippen molar-refractivity contribution in [3.63, 3.8) is 0 Å². The number of amides is 2. The smallest absolute Gasteiger partial charge is 0.279 e. The Hall–Kier alpha value is -3.33. The lowest BCUT2D eigenvalue weighted by molar-refractivity contribution is -0.132. The zero-order valence-electron chi connectivity index (χ0n) is 15.3. The molecule has 0 saturated carbocycles. The van der Waals surface area contributed by atoms with Crippen LogP contribution in [0, 0.1) is 11.6 Å². The molecular formula is C20H17F2N3O3S. The van der Waals surface area contributed by atoms with Gasteiger partial charge in [-0.05, 0) is 31.2 Å². The molecule has 3 aromatic rings. The van der Waals surface area contributed by atoms with Crippen LogP contribution in [-0.2, 0) is 16.0 Å². The Labute approximate surface area is 169 Å². The number of hydrazine groups is 1. The Morgan fingerprint density at radius 3 is 2.69 bits per heavy atom. The lowest BCUT2D eigenvalue weighted by Gasteiger charge is -2.15. The van der Waals surface area contributed by atoms with E-state index in [1.54, 1.807) is 23.6 Å². The predicted molar refractivity (Wildman–Crippen MR) is 104 cm³/mol. The second-order valence-corrected chi connectivity index (χ2v) is 6.92. The average molecular weight is 417 g/mol. The van der Waals surface area contributed by atoms with Crippen molar-refractivity contribution in [1.82, 2.24) is 15.8 Å². The van der Waals surface area contributed by atoms with Crippen molar-refractivity contribution in [3.05, 3.63) is 71.2 Å². The minimum atomic E-state index is -1.02. The molecule has 0 aliphatic carbocycles. The summed E-state index contributed by atoms with van der Waals surface area (Å²) in [5.41, 5.74) is 5.59. The van der Waals surface area contributed by atoms with E-state index in [1.165, 1.54) is 48.6 Å². The summed E-state index contributed by atoms with van der Waals surface area (Å²) in [5, 5.41) is 2.27. The largest absolute Gasteiger partial charge is 0.478 e. The van der Waals surface area contributed by atoms with Crippen LogP contribution in [0.1, 0.15) is 12.6 Å². The van der Waals surface area contributed by atoms with Gasteiger partial charge in [-0.25, -0.2) is 13.8 Å². The lowest BCUT2D eigenvalue weighted by atomic mass is 10.2. The highest BCUT2D eigenvalue weighted by Crippen LogP contribution is 2.24. The number of hydrogen-bond donors (Lipinski definition) is 2. The summed E-state index contributed by atoms with van der Waals surface area (Å²) < 4.78 is 32.1. The van der Waals surface area contributed by atoms with E-state index in [9.17, 15) is 18.4 Å². The van der Waals surface area contributed by atoms with Gasteiger partial charge in [-0.2, -0.15) is 0 Å². The number of ether oxygens (including phenoxy) is 1. The Kier molecular flexibility index (Phi) is 6.50. The van der Waals surface area contributed by atoms with E-state index < -0.39 is 23.7 Å². The third kappa shape index (κ3) is 5.58. The van der Waals surface area contributed by atoms with E-state index in [4.69, 9.17) is 4.74 Å². The number of nitrogens with zero attached hydrogens (tertiary/aromatic N) is 1. The van der Waals surface area contributed by atoms with Gasteiger partial charge >= 0.3 is 0 Å². The minimum Gasteiger partial charge on any atom is -0.478 e. The van der Waals surface area contributed by atoms with Crippen molar-refractivity contribution in [2.24, 2.45) is 0 Å². The Balaban J connectivity index is 1.50. The van der Waals surface area contributed by atoms with Gasteiger partial charge in [0.15, 0.2) is 17.7 Å². The van der Waals surface area contributed by atoms with Crippen LogP contribution >= 0.6 is 11.3 Å². The van der Waals surface area contributed by atoms with Gasteiger partial charge in [0.25, 0.3) is 5.91 Å². The molecule has 0 saturated heterocycles. The van der Waals surface area contributed by atoms with Crippen LogP contribution in [0.15, 0.2) is 53.9 Å². The number of rotatable bonds is 6. The Bertz CT molecular complexity index is 1030. The van der Waals surface area contributed by atoms with Crippen LogP contribution in [-0.4, -0.2) is 22.9 Å². The highest BCUT2D eigenvalue weighted by molar-refractivity contribution is 7.13. The maximum absolute atomic E-state index is 13.6. The molecule has 0 spiro atoms. The van der Waals surface area contributed by atoms with E-state index in [0.29, 0.717) is 16.3 Å². The van der Waals surface area contributed by atoms with Gasteiger partial charge in [0.2, 0.25) is 5.91 Å². The monoisotopic (exact) mass is 417 g/mol. The maximum atomic E-state index is 13.6. The minimum absolute atomic E-state index is 0.0613. The first kappa shape index (κ1) is 20.4. The number of nitrogens with one attached hydrogen (secondary N) is 2. The second-order valence-electron chi connectivity index (χ2n) is 6.06. The average Bonchev–Trinajstić information content (AvgIpc) is 3.16. The molecule has 1 heterocycles. The van der Waals surface area contributed by atoms with Crippen molar-refractivity contribution in [2.45, 2.75) is 19.4 Å². The summed E-state index contributed by atoms with van der Waals surface area (Å²) in [6.07, 6.45) is -1.10. The first-order valence-corrected chi connectivity index (χ1v) is 9.50. The highest BCUT2D eigenvalue weighted by atomic mass is 32.1. The molecule has 2 aromatic carbocycles. The van der Waals surface area contributed by atoms with Crippen LogP contribution in [0.4, 0.5) is 8.78 Å². The third-order valence-electron chi connectivity index (χ3n) is 3.80. The van der Waals surface area contributed by atoms with Crippen LogP contribution in [0.5, 0.6) is 5.75 Å². The zero-order valence-corrected chi connectivity index (χ0v) is 16.1. The van der Waals surface area contributed by atoms with Gasteiger partial charge in [-0.1, -0.05) is 24.3 Å². The molecule has 9 heteroatoms. The van der Waals surface area contributed by atoms with Gasteiger partial charge in [-0.15, -0.1) is 11.3 Å². The van der Waals surface area contributed by atoms with Gasteiger partial charge in [0.05, 0.1) is 12.1 Å². The standard InChI is InChI=1S/C20H17F2N3O3S/c1-12(28-17-8-3-2-7-16(17)22)19(27)25-24-18(26)10-15-11-29-20(23-15)13-5-4-6-14(21)9-13/h2-9,11-12H,10H2,1H3,(H,24,26)(H,25,27). The van der Waals surface area contributed by atoms with Gasteiger partial charge in [0, 0.05) is 10.9 Å². The van der Waals surface area contributed by atoms with Gasteiger partial charge in [-0.3, -0.25) is 20.4 Å². The molecule has 1 atom stereocenters. The van der Waals surface area contributed by atoms with E-state index in [1.807, 2.05) is 0 Å². The summed E-state index contributed by atoms with van der Waals surface area (Å²) in [7, 11) is 0. The van der Waals surface area contributed by atoms with Crippen molar-refractivity contribution in [1.29, 1.82) is 0 Å². The highest BCUT2D eigenvalue weighted by Gasteiger charge is 2.17. The number of para-hydroxylation sites is 1. The summed E-state index contributed by atoms with van der Waals surface area (Å²) in [6, 6.07) is 11.7. The number of aromatic nitrogens is 1. The Morgan fingerprint density at radius 2 is 1.93 bits per heavy atom. The molecular weight excluding hydrogens is 400 g/mol. The summed E-state index contributed by atoms with van der Waals surface area (Å²) in [5.74, 6) is -2.15. The molecule has 0 bridgehead atoms. The number of carbonyl (C=O) groups is 2. The van der Waals surface area contributed by atoms with Crippen molar-refractivity contribution >= 4 is 23.2 Å². The van der Waals surface area contributed by atoms with Crippen LogP contribution in [0.3, 0.4) is 0 Å². The topological polar surface area (TPSA) is 80.3 Å². The fraction of sp³-hybridized carbons (Fsp3) is 0.150.